The van der Waals surface area contributed by atoms with Crippen LogP contribution in [0.1, 0.15) is 5.56 Å². The highest BCUT2D eigenvalue weighted by Crippen LogP contribution is 2.28. The second kappa shape index (κ2) is 7.24. The molecule has 132 valence electrons. The van der Waals surface area contributed by atoms with Crippen LogP contribution in [0.4, 0.5) is 33.3 Å². The molecular formula is C15H9F5N2O3. The Kier molecular flexibility index (Phi) is 5.30. The van der Waals surface area contributed by atoms with Crippen LogP contribution in [-0.2, 0) is 11.2 Å². The van der Waals surface area contributed by atoms with Gasteiger partial charge in [0.15, 0.2) is 23.3 Å². The van der Waals surface area contributed by atoms with E-state index in [1.807, 2.05) is 5.32 Å². The van der Waals surface area contributed by atoms with Crippen molar-refractivity contribution in [2.24, 2.45) is 0 Å². The van der Waals surface area contributed by atoms with Crippen LogP contribution in [-0.4, -0.2) is 17.3 Å². The van der Waals surface area contributed by atoms with Gasteiger partial charge in [0, 0.05) is 12.1 Å². The Hall–Kier alpha value is -3.04. The van der Waals surface area contributed by atoms with Crippen molar-refractivity contribution in [1.82, 2.24) is 0 Å². The van der Waals surface area contributed by atoms with Crippen molar-refractivity contribution in [1.29, 1.82) is 0 Å². The highest BCUT2D eigenvalue weighted by Gasteiger charge is 2.27. The van der Waals surface area contributed by atoms with Gasteiger partial charge in [0.2, 0.25) is 5.82 Å². The molecule has 5 nitrogen and oxygen atoms in total. The van der Waals surface area contributed by atoms with Crippen molar-refractivity contribution in [3.8, 4) is 0 Å². The van der Waals surface area contributed by atoms with Crippen LogP contribution in [0.25, 0.3) is 0 Å². The standard InChI is InChI=1S/C15H9F5N2O3/c16-10-11(17)13(19)15(14(20)12(10)18)21-8(6-23)5-7-1-3-9(4-2-7)22(24)25/h1-4,6,8,21H,5H2/t8-/m1/s1. The maximum atomic E-state index is 13.6. The molecule has 0 amide bonds. The van der Waals surface area contributed by atoms with Crippen molar-refractivity contribution in [2.45, 2.75) is 12.5 Å². The molecule has 0 aliphatic rings. The summed E-state index contributed by atoms with van der Waals surface area (Å²) in [6.45, 7) is 0. The topological polar surface area (TPSA) is 72.2 Å². The van der Waals surface area contributed by atoms with Crippen LogP contribution in [0.3, 0.4) is 0 Å². The average molecular weight is 360 g/mol. The number of aldehydes is 1. The van der Waals surface area contributed by atoms with Gasteiger partial charge in [-0.05, 0) is 12.0 Å². The lowest BCUT2D eigenvalue weighted by atomic mass is 10.1. The monoisotopic (exact) mass is 360 g/mol. The number of rotatable bonds is 6. The molecule has 0 heterocycles. The van der Waals surface area contributed by atoms with Crippen LogP contribution in [0.15, 0.2) is 24.3 Å². The molecule has 10 heteroatoms. The first-order valence-electron chi connectivity index (χ1n) is 6.72. The average Bonchev–Trinajstić information content (AvgIpc) is 2.61. The highest BCUT2D eigenvalue weighted by atomic mass is 19.2. The summed E-state index contributed by atoms with van der Waals surface area (Å²) in [6.07, 6.45) is 0.0282. The second-order valence-electron chi connectivity index (χ2n) is 4.96. The SMILES string of the molecule is O=C[C@@H](Cc1ccc([N+](=O)[O-])cc1)Nc1c(F)c(F)c(F)c(F)c1F. The molecule has 25 heavy (non-hydrogen) atoms. The summed E-state index contributed by atoms with van der Waals surface area (Å²) in [5.74, 6) is -10.8. The van der Waals surface area contributed by atoms with Gasteiger partial charge in [-0.2, -0.15) is 0 Å². The zero-order chi connectivity index (χ0) is 18.7. The number of hydrogen-bond donors (Lipinski definition) is 1. The summed E-state index contributed by atoms with van der Waals surface area (Å²) in [6, 6.07) is 3.57. The van der Waals surface area contributed by atoms with E-state index in [0.717, 1.165) is 12.1 Å². The number of anilines is 1. The number of carbonyl (C=O) groups excluding carboxylic acids is 1. The van der Waals surface area contributed by atoms with E-state index in [9.17, 15) is 36.9 Å². The molecule has 0 saturated heterocycles. The molecular weight excluding hydrogens is 351 g/mol. The zero-order valence-electron chi connectivity index (χ0n) is 12.2. The van der Waals surface area contributed by atoms with Crippen molar-refractivity contribution in [2.75, 3.05) is 5.32 Å². The molecule has 1 N–H and O–H groups in total. The minimum absolute atomic E-state index is 0.193. The molecule has 2 rings (SSSR count). The van der Waals surface area contributed by atoms with E-state index in [-0.39, 0.29) is 18.4 Å². The fourth-order valence-electron chi connectivity index (χ4n) is 2.06. The molecule has 0 saturated carbocycles. The van der Waals surface area contributed by atoms with Crippen molar-refractivity contribution in [3.63, 3.8) is 0 Å². The predicted molar refractivity (Wildman–Crippen MR) is 76.5 cm³/mol. The van der Waals surface area contributed by atoms with Gasteiger partial charge in [-0.25, -0.2) is 22.0 Å². The first-order valence-corrected chi connectivity index (χ1v) is 6.72. The number of carbonyl (C=O) groups is 1. The van der Waals surface area contributed by atoms with E-state index in [4.69, 9.17) is 0 Å². The third-order valence-corrected chi connectivity index (χ3v) is 3.31. The molecule has 0 bridgehead atoms. The molecule has 0 aliphatic heterocycles. The molecule has 2 aromatic rings. The Morgan fingerprint density at radius 2 is 1.44 bits per heavy atom. The van der Waals surface area contributed by atoms with E-state index < -0.39 is 45.7 Å². The van der Waals surface area contributed by atoms with E-state index in [2.05, 4.69) is 0 Å². The number of halogens is 5. The molecule has 0 aliphatic carbocycles. The first kappa shape index (κ1) is 18.3. The van der Waals surface area contributed by atoms with Crippen LogP contribution < -0.4 is 5.32 Å². The lowest BCUT2D eigenvalue weighted by molar-refractivity contribution is -0.384. The van der Waals surface area contributed by atoms with E-state index in [0.29, 0.717) is 5.56 Å². The molecule has 2 aromatic carbocycles. The molecule has 1 atom stereocenters. The normalized spacial score (nSPS) is 11.9. The largest absolute Gasteiger partial charge is 0.370 e. The Labute approximate surface area is 137 Å². The number of non-ortho nitro benzene ring substituents is 1. The second-order valence-corrected chi connectivity index (χ2v) is 4.96. The van der Waals surface area contributed by atoms with Crippen molar-refractivity contribution in [3.05, 3.63) is 69.0 Å². The minimum atomic E-state index is -2.31. The molecule has 0 spiro atoms. The predicted octanol–water partition coefficient (Wildman–Crippen LogP) is 3.51. The summed E-state index contributed by atoms with van der Waals surface area (Å²) in [5, 5.41) is 12.5. The van der Waals surface area contributed by atoms with Crippen LogP contribution in [0.5, 0.6) is 0 Å². The lowest BCUT2D eigenvalue weighted by Gasteiger charge is -2.16. The Bertz CT molecular complexity index is 798. The summed E-state index contributed by atoms with van der Waals surface area (Å²) in [5.41, 5.74) is -1.16. The molecule has 0 aromatic heterocycles. The van der Waals surface area contributed by atoms with Gasteiger partial charge in [-0.1, -0.05) is 12.1 Å². The Morgan fingerprint density at radius 1 is 0.960 bits per heavy atom. The maximum Gasteiger partial charge on any atom is 0.269 e. The van der Waals surface area contributed by atoms with Crippen LogP contribution in [0, 0.1) is 39.2 Å². The van der Waals surface area contributed by atoms with E-state index >= 15 is 0 Å². The van der Waals surface area contributed by atoms with E-state index in [1.165, 1.54) is 12.1 Å². The summed E-state index contributed by atoms with van der Waals surface area (Å²) in [7, 11) is 0. The van der Waals surface area contributed by atoms with Gasteiger partial charge >= 0.3 is 0 Å². The third kappa shape index (κ3) is 3.73. The quantitative estimate of drug-likeness (QED) is 0.214. The number of nitrogens with one attached hydrogen (secondary N) is 1. The molecule has 0 fully saturated rings. The van der Waals surface area contributed by atoms with Crippen LogP contribution in [0.2, 0.25) is 0 Å². The number of nitro groups is 1. The zero-order valence-corrected chi connectivity index (χ0v) is 12.2. The molecule has 0 radical (unpaired) electrons. The number of nitrogens with zero attached hydrogens (tertiary/aromatic N) is 1. The van der Waals surface area contributed by atoms with Crippen molar-refractivity contribution < 1.29 is 31.7 Å². The number of hydrogen-bond acceptors (Lipinski definition) is 4. The summed E-state index contributed by atoms with van der Waals surface area (Å²) < 4.78 is 66.5. The van der Waals surface area contributed by atoms with Gasteiger partial charge in [-0.15, -0.1) is 0 Å². The summed E-state index contributed by atoms with van der Waals surface area (Å²) in [4.78, 5) is 21.0. The van der Waals surface area contributed by atoms with E-state index in [1.54, 1.807) is 0 Å². The number of benzene rings is 2. The smallest absolute Gasteiger partial charge is 0.269 e. The molecule has 0 unspecified atom stereocenters. The van der Waals surface area contributed by atoms with Gasteiger partial charge in [-0.3, -0.25) is 10.1 Å². The lowest BCUT2D eigenvalue weighted by Crippen LogP contribution is -2.26. The Morgan fingerprint density at radius 3 is 1.88 bits per heavy atom. The minimum Gasteiger partial charge on any atom is -0.370 e. The van der Waals surface area contributed by atoms with Gasteiger partial charge < -0.3 is 10.1 Å². The Balaban J connectivity index is 2.26. The van der Waals surface area contributed by atoms with Gasteiger partial charge in [0.1, 0.15) is 12.0 Å². The fraction of sp³-hybridized carbons (Fsp3) is 0.133. The summed E-state index contributed by atoms with van der Waals surface area (Å²) >= 11 is 0. The number of nitro benzene ring substituents is 1. The first-order chi connectivity index (χ1) is 11.8. The fourth-order valence-corrected chi connectivity index (χ4v) is 2.06. The van der Waals surface area contributed by atoms with Gasteiger partial charge in [0.25, 0.3) is 5.69 Å². The third-order valence-electron chi connectivity index (χ3n) is 3.31. The highest BCUT2D eigenvalue weighted by molar-refractivity contribution is 5.66. The van der Waals surface area contributed by atoms with Crippen molar-refractivity contribution >= 4 is 17.7 Å². The maximum absolute atomic E-state index is 13.6. The van der Waals surface area contributed by atoms with Crippen LogP contribution >= 0.6 is 0 Å². The van der Waals surface area contributed by atoms with Gasteiger partial charge in [0.05, 0.1) is 11.0 Å².